The van der Waals surface area contributed by atoms with Gasteiger partial charge in [0.15, 0.2) is 0 Å². The molecule has 27 heavy (non-hydrogen) atoms. The van der Waals surface area contributed by atoms with Gasteiger partial charge in [0.1, 0.15) is 5.75 Å². The number of rotatable bonds is 6. The van der Waals surface area contributed by atoms with Gasteiger partial charge in [0.05, 0.1) is 27.8 Å². The van der Waals surface area contributed by atoms with Crippen molar-refractivity contribution >= 4 is 33.2 Å². The fourth-order valence-corrected chi connectivity index (χ4v) is 4.70. The lowest BCUT2D eigenvalue weighted by atomic mass is 10.2. The van der Waals surface area contributed by atoms with Crippen LogP contribution in [0.4, 0.5) is 5.69 Å². The first-order valence-corrected chi connectivity index (χ1v) is 10.6. The first kappa shape index (κ1) is 19.7. The second kappa shape index (κ2) is 8.29. The molecule has 0 unspecified atom stereocenters. The summed E-state index contributed by atoms with van der Waals surface area (Å²) in [5, 5.41) is 2.93. The van der Waals surface area contributed by atoms with Crippen molar-refractivity contribution in [2.24, 2.45) is 0 Å². The number of halogens is 1. The van der Waals surface area contributed by atoms with Gasteiger partial charge in [-0.05, 0) is 50.1 Å². The monoisotopic (exact) mass is 408 g/mol. The molecule has 2 aromatic rings. The second-order valence-electron chi connectivity index (χ2n) is 6.14. The molecule has 1 fully saturated rings. The Morgan fingerprint density at radius 1 is 1.19 bits per heavy atom. The summed E-state index contributed by atoms with van der Waals surface area (Å²) in [4.78, 5) is 12.8. The molecule has 0 aromatic heterocycles. The lowest BCUT2D eigenvalue weighted by Gasteiger charge is -2.17. The predicted molar refractivity (Wildman–Crippen MR) is 105 cm³/mol. The van der Waals surface area contributed by atoms with Crippen molar-refractivity contribution < 1.29 is 17.9 Å². The molecule has 1 aliphatic heterocycles. The SMILES string of the molecule is CCOc1ccccc1NC(=O)c1cc(S(=O)(=O)N2CCCC2)ccc1Cl. The maximum absolute atomic E-state index is 12.7. The molecule has 0 bridgehead atoms. The summed E-state index contributed by atoms with van der Waals surface area (Å²) in [6, 6.07) is 11.2. The lowest BCUT2D eigenvalue weighted by Crippen LogP contribution is -2.28. The number of hydrogen-bond acceptors (Lipinski definition) is 4. The molecule has 1 N–H and O–H groups in total. The first-order chi connectivity index (χ1) is 12.9. The maximum atomic E-state index is 12.7. The summed E-state index contributed by atoms with van der Waals surface area (Å²) in [6.07, 6.45) is 1.68. The fraction of sp³-hybridized carbons (Fsp3) is 0.316. The largest absolute Gasteiger partial charge is 0.492 e. The number of ether oxygens (including phenoxy) is 1. The lowest BCUT2D eigenvalue weighted by molar-refractivity contribution is 0.102. The number of hydrogen-bond donors (Lipinski definition) is 1. The smallest absolute Gasteiger partial charge is 0.257 e. The topological polar surface area (TPSA) is 75.7 Å². The highest BCUT2D eigenvalue weighted by atomic mass is 35.5. The molecular weight excluding hydrogens is 388 g/mol. The van der Waals surface area contributed by atoms with E-state index in [-0.39, 0.29) is 15.5 Å². The quantitative estimate of drug-likeness (QED) is 0.789. The van der Waals surface area contributed by atoms with E-state index in [0.717, 1.165) is 12.8 Å². The van der Waals surface area contributed by atoms with Crippen molar-refractivity contribution in [2.75, 3.05) is 25.0 Å². The van der Waals surface area contributed by atoms with E-state index in [9.17, 15) is 13.2 Å². The number of sulfonamides is 1. The molecule has 0 saturated carbocycles. The minimum absolute atomic E-state index is 0.0667. The molecular formula is C19H21ClN2O4S. The average molecular weight is 409 g/mol. The normalized spacial score (nSPS) is 14.9. The molecule has 1 heterocycles. The van der Waals surface area contributed by atoms with Crippen molar-refractivity contribution in [3.8, 4) is 5.75 Å². The third-order valence-electron chi connectivity index (χ3n) is 4.32. The molecule has 144 valence electrons. The van der Waals surface area contributed by atoms with Crippen molar-refractivity contribution in [1.82, 2.24) is 4.31 Å². The summed E-state index contributed by atoms with van der Waals surface area (Å²) in [6.45, 7) is 3.29. The van der Waals surface area contributed by atoms with Gasteiger partial charge < -0.3 is 10.1 Å². The number of benzene rings is 2. The van der Waals surface area contributed by atoms with E-state index in [2.05, 4.69) is 5.32 Å². The number of anilines is 1. The Bertz CT molecular complexity index is 940. The van der Waals surface area contributed by atoms with Crippen LogP contribution in [0.5, 0.6) is 5.75 Å². The fourth-order valence-electron chi connectivity index (χ4n) is 2.96. The van der Waals surface area contributed by atoms with Gasteiger partial charge in [0.2, 0.25) is 10.0 Å². The van der Waals surface area contributed by atoms with Gasteiger partial charge in [-0.1, -0.05) is 23.7 Å². The molecule has 2 aromatic carbocycles. The highest BCUT2D eigenvalue weighted by molar-refractivity contribution is 7.89. The van der Waals surface area contributed by atoms with Crippen LogP contribution < -0.4 is 10.1 Å². The van der Waals surface area contributed by atoms with Crippen molar-refractivity contribution in [1.29, 1.82) is 0 Å². The Kier molecular flexibility index (Phi) is 6.04. The van der Waals surface area contributed by atoms with Gasteiger partial charge in [-0.3, -0.25) is 4.79 Å². The Morgan fingerprint density at radius 2 is 1.89 bits per heavy atom. The van der Waals surface area contributed by atoms with E-state index in [1.807, 2.05) is 6.92 Å². The molecule has 1 amide bonds. The van der Waals surface area contributed by atoms with Crippen LogP contribution in [0.2, 0.25) is 5.02 Å². The standard InChI is InChI=1S/C19H21ClN2O4S/c1-2-26-18-8-4-3-7-17(18)21-19(23)15-13-14(9-10-16(15)20)27(24,25)22-11-5-6-12-22/h3-4,7-10,13H,2,5-6,11-12H2,1H3,(H,21,23). The zero-order chi connectivity index (χ0) is 19.4. The third-order valence-corrected chi connectivity index (χ3v) is 6.54. The van der Waals surface area contributed by atoms with Crippen LogP contribution in [0.25, 0.3) is 0 Å². The van der Waals surface area contributed by atoms with Crippen LogP contribution in [0.15, 0.2) is 47.4 Å². The molecule has 1 saturated heterocycles. The Hall–Kier alpha value is -2.09. The third kappa shape index (κ3) is 4.26. The minimum atomic E-state index is -3.63. The Balaban J connectivity index is 1.89. The van der Waals surface area contributed by atoms with E-state index in [1.165, 1.54) is 22.5 Å². The number of para-hydroxylation sites is 2. The van der Waals surface area contributed by atoms with E-state index >= 15 is 0 Å². The molecule has 0 radical (unpaired) electrons. The Morgan fingerprint density at radius 3 is 2.59 bits per heavy atom. The van der Waals surface area contributed by atoms with Gasteiger partial charge in [-0.25, -0.2) is 8.42 Å². The highest BCUT2D eigenvalue weighted by Gasteiger charge is 2.28. The maximum Gasteiger partial charge on any atom is 0.257 e. The van der Waals surface area contributed by atoms with Crippen LogP contribution in [0.1, 0.15) is 30.1 Å². The van der Waals surface area contributed by atoms with Gasteiger partial charge in [0, 0.05) is 13.1 Å². The zero-order valence-corrected chi connectivity index (χ0v) is 16.5. The first-order valence-electron chi connectivity index (χ1n) is 8.76. The van der Waals surface area contributed by atoms with E-state index in [0.29, 0.717) is 31.1 Å². The Labute approximate surface area is 164 Å². The van der Waals surface area contributed by atoms with Crippen LogP contribution >= 0.6 is 11.6 Å². The summed E-state index contributed by atoms with van der Waals surface area (Å²) in [5.41, 5.74) is 0.594. The highest BCUT2D eigenvalue weighted by Crippen LogP contribution is 2.28. The molecule has 0 atom stereocenters. The molecule has 6 nitrogen and oxygen atoms in total. The summed E-state index contributed by atoms with van der Waals surface area (Å²) in [7, 11) is -3.63. The van der Waals surface area contributed by atoms with Crippen LogP contribution in [-0.2, 0) is 10.0 Å². The summed E-state index contributed by atoms with van der Waals surface area (Å²) in [5.74, 6) is 0.0379. The van der Waals surface area contributed by atoms with Crippen molar-refractivity contribution in [2.45, 2.75) is 24.7 Å². The molecule has 8 heteroatoms. The molecule has 1 aliphatic rings. The van der Waals surface area contributed by atoms with E-state index in [4.69, 9.17) is 16.3 Å². The van der Waals surface area contributed by atoms with E-state index in [1.54, 1.807) is 24.3 Å². The summed E-state index contributed by atoms with van der Waals surface area (Å²) >= 11 is 6.17. The average Bonchev–Trinajstić information content (AvgIpc) is 3.19. The van der Waals surface area contributed by atoms with Gasteiger partial charge >= 0.3 is 0 Å². The number of carbonyl (C=O) groups excluding carboxylic acids is 1. The number of nitrogens with zero attached hydrogens (tertiary/aromatic N) is 1. The van der Waals surface area contributed by atoms with Crippen LogP contribution in [0, 0.1) is 0 Å². The number of amides is 1. The molecule has 3 rings (SSSR count). The van der Waals surface area contributed by atoms with E-state index < -0.39 is 15.9 Å². The van der Waals surface area contributed by atoms with Gasteiger partial charge in [-0.15, -0.1) is 0 Å². The summed E-state index contributed by atoms with van der Waals surface area (Å²) < 4.78 is 32.4. The van der Waals surface area contributed by atoms with Crippen LogP contribution in [-0.4, -0.2) is 38.3 Å². The predicted octanol–water partition coefficient (Wildman–Crippen LogP) is 3.78. The van der Waals surface area contributed by atoms with Gasteiger partial charge in [0.25, 0.3) is 5.91 Å². The van der Waals surface area contributed by atoms with Crippen molar-refractivity contribution in [3.63, 3.8) is 0 Å². The second-order valence-corrected chi connectivity index (χ2v) is 8.48. The minimum Gasteiger partial charge on any atom is -0.492 e. The van der Waals surface area contributed by atoms with Crippen LogP contribution in [0.3, 0.4) is 0 Å². The molecule has 0 spiro atoms. The van der Waals surface area contributed by atoms with Gasteiger partial charge in [-0.2, -0.15) is 4.31 Å². The number of nitrogens with one attached hydrogen (secondary N) is 1. The zero-order valence-electron chi connectivity index (χ0n) is 14.9. The number of carbonyl (C=O) groups is 1. The molecule has 0 aliphatic carbocycles. The van der Waals surface area contributed by atoms with Crippen molar-refractivity contribution in [3.05, 3.63) is 53.1 Å².